The van der Waals surface area contributed by atoms with Gasteiger partial charge < -0.3 is 0 Å². The number of hydrogen-bond donors (Lipinski definition) is 0. The van der Waals surface area contributed by atoms with E-state index in [2.05, 4.69) is 45.0 Å². The third-order valence-corrected chi connectivity index (χ3v) is 3.28. The lowest BCUT2D eigenvalue weighted by atomic mass is 10.2. The van der Waals surface area contributed by atoms with Crippen LogP contribution in [0, 0.1) is 12.8 Å². The molecule has 0 radical (unpaired) electrons. The molecule has 0 heterocycles. The number of hydrogen-bond acceptors (Lipinski definition) is 1. The molecule has 0 unspecified atom stereocenters. The van der Waals surface area contributed by atoms with Gasteiger partial charge in [-0.3, -0.25) is 0 Å². The van der Waals surface area contributed by atoms with Crippen molar-refractivity contribution in [1.82, 2.24) is 0 Å². The van der Waals surface area contributed by atoms with Gasteiger partial charge in [-0.05, 0) is 24.2 Å². The Hall–Kier alpha value is -0.430. The summed E-state index contributed by atoms with van der Waals surface area (Å²) in [6.45, 7) is 6.66. The first-order valence-electron chi connectivity index (χ1n) is 4.82. The van der Waals surface area contributed by atoms with E-state index in [4.69, 9.17) is 0 Å². The first-order chi connectivity index (χ1) is 6.18. The molecule has 0 saturated heterocycles. The summed E-state index contributed by atoms with van der Waals surface area (Å²) in [6.07, 6.45) is 0. The Morgan fingerprint density at radius 1 is 1.15 bits per heavy atom. The van der Waals surface area contributed by atoms with Crippen LogP contribution >= 0.6 is 11.8 Å². The molecular formula is C12H18S. The standard InChI is InChI=1S/C12H18S/c1-10(2)8-13-9-12-6-4-11(3)5-7-12/h4-7,10H,8-9H2,1-3H3. The molecule has 13 heavy (non-hydrogen) atoms. The van der Waals surface area contributed by atoms with Crippen molar-refractivity contribution in [2.24, 2.45) is 5.92 Å². The maximum absolute atomic E-state index is 2.27. The van der Waals surface area contributed by atoms with Crippen LogP contribution in [-0.4, -0.2) is 5.75 Å². The number of thioether (sulfide) groups is 1. The molecule has 0 aliphatic heterocycles. The van der Waals surface area contributed by atoms with Gasteiger partial charge in [0, 0.05) is 5.75 Å². The molecule has 0 spiro atoms. The first kappa shape index (κ1) is 10.6. The summed E-state index contributed by atoms with van der Waals surface area (Å²) in [5, 5.41) is 0. The summed E-state index contributed by atoms with van der Waals surface area (Å²) in [4.78, 5) is 0. The molecule has 0 aliphatic rings. The SMILES string of the molecule is Cc1ccc(CSCC(C)C)cc1. The Balaban J connectivity index is 2.33. The molecule has 0 nitrogen and oxygen atoms in total. The molecule has 1 aromatic carbocycles. The maximum Gasteiger partial charge on any atom is 0.0184 e. The highest BCUT2D eigenvalue weighted by Gasteiger charge is 1.95. The van der Waals surface area contributed by atoms with Gasteiger partial charge in [-0.1, -0.05) is 43.7 Å². The van der Waals surface area contributed by atoms with E-state index in [0.717, 1.165) is 11.7 Å². The van der Waals surface area contributed by atoms with E-state index in [1.807, 2.05) is 11.8 Å². The zero-order chi connectivity index (χ0) is 9.68. The van der Waals surface area contributed by atoms with Gasteiger partial charge in [-0.2, -0.15) is 11.8 Å². The first-order valence-corrected chi connectivity index (χ1v) is 5.97. The average Bonchev–Trinajstić information content (AvgIpc) is 2.08. The minimum Gasteiger partial charge on any atom is -0.157 e. The summed E-state index contributed by atoms with van der Waals surface area (Å²) < 4.78 is 0. The van der Waals surface area contributed by atoms with Crippen molar-refractivity contribution in [3.05, 3.63) is 35.4 Å². The summed E-state index contributed by atoms with van der Waals surface area (Å²) in [7, 11) is 0. The van der Waals surface area contributed by atoms with E-state index in [0.29, 0.717) is 0 Å². The van der Waals surface area contributed by atoms with Gasteiger partial charge in [0.1, 0.15) is 0 Å². The molecule has 72 valence electrons. The Morgan fingerprint density at radius 2 is 1.77 bits per heavy atom. The fourth-order valence-electron chi connectivity index (χ4n) is 1.10. The Labute approximate surface area is 85.7 Å². The largest absolute Gasteiger partial charge is 0.157 e. The second-order valence-electron chi connectivity index (χ2n) is 3.89. The lowest BCUT2D eigenvalue weighted by Crippen LogP contribution is -1.91. The molecular weight excluding hydrogens is 176 g/mol. The topological polar surface area (TPSA) is 0 Å². The Kier molecular flexibility index (Phi) is 4.37. The summed E-state index contributed by atoms with van der Waals surface area (Å²) >= 11 is 2.02. The molecule has 0 aliphatic carbocycles. The third-order valence-electron chi connectivity index (χ3n) is 1.84. The lowest BCUT2D eigenvalue weighted by molar-refractivity contribution is 0.750. The molecule has 1 rings (SSSR count). The van der Waals surface area contributed by atoms with Crippen LogP contribution in [0.1, 0.15) is 25.0 Å². The monoisotopic (exact) mass is 194 g/mol. The molecule has 0 amide bonds. The average molecular weight is 194 g/mol. The van der Waals surface area contributed by atoms with Gasteiger partial charge in [-0.25, -0.2) is 0 Å². The van der Waals surface area contributed by atoms with E-state index >= 15 is 0 Å². The second-order valence-corrected chi connectivity index (χ2v) is 4.92. The van der Waals surface area contributed by atoms with Crippen LogP contribution in [0.25, 0.3) is 0 Å². The van der Waals surface area contributed by atoms with Crippen molar-refractivity contribution in [3.63, 3.8) is 0 Å². The van der Waals surface area contributed by atoms with Crippen LogP contribution in [0.3, 0.4) is 0 Å². The number of benzene rings is 1. The van der Waals surface area contributed by atoms with E-state index in [1.54, 1.807) is 0 Å². The summed E-state index contributed by atoms with van der Waals surface area (Å²) in [6, 6.07) is 8.82. The zero-order valence-corrected chi connectivity index (χ0v) is 9.53. The minimum absolute atomic E-state index is 0.801. The maximum atomic E-state index is 2.27. The predicted octanol–water partition coefficient (Wildman–Crippen LogP) is 3.88. The van der Waals surface area contributed by atoms with Crippen LogP contribution in [0.5, 0.6) is 0 Å². The van der Waals surface area contributed by atoms with Gasteiger partial charge in [0.05, 0.1) is 0 Å². The van der Waals surface area contributed by atoms with Crippen molar-refractivity contribution in [2.75, 3.05) is 5.75 Å². The fraction of sp³-hybridized carbons (Fsp3) is 0.500. The molecule has 0 atom stereocenters. The van der Waals surface area contributed by atoms with Crippen LogP contribution in [0.15, 0.2) is 24.3 Å². The quantitative estimate of drug-likeness (QED) is 0.701. The van der Waals surface area contributed by atoms with Crippen LogP contribution < -0.4 is 0 Å². The molecule has 0 fully saturated rings. The van der Waals surface area contributed by atoms with Gasteiger partial charge >= 0.3 is 0 Å². The molecule has 0 bridgehead atoms. The van der Waals surface area contributed by atoms with E-state index in [-0.39, 0.29) is 0 Å². The van der Waals surface area contributed by atoms with Crippen LogP contribution in [0.2, 0.25) is 0 Å². The fourth-order valence-corrected chi connectivity index (χ4v) is 2.11. The molecule has 1 heteroatoms. The third kappa shape index (κ3) is 4.37. The molecule has 1 aromatic rings. The van der Waals surface area contributed by atoms with Gasteiger partial charge in [-0.15, -0.1) is 0 Å². The normalized spacial score (nSPS) is 10.8. The highest BCUT2D eigenvalue weighted by atomic mass is 32.2. The van der Waals surface area contributed by atoms with Gasteiger partial charge in [0.15, 0.2) is 0 Å². The van der Waals surface area contributed by atoms with Crippen molar-refractivity contribution < 1.29 is 0 Å². The predicted molar refractivity (Wildman–Crippen MR) is 62.2 cm³/mol. The number of aryl methyl sites for hydroxylation is 1. The van der Waals surface area contributed by atoms with Crippen molar-refractivity contribution >= 4 is 11.8 Å². The Morgan fingerprint density at radius 3 is 2.31 bits per heavy atom. The summed E-state index contributed by atoms with van der Waals surface area (Å²) in [5.41, 5.74) is 2.79. The van der Waals surface area contributed by atoms with Crippen LogP contribution in [-0.2, 0) is 5.75 Å². The Bertz CT molecular complexity index is 236. The van der Waals surface area contributed by atoms with Crippen molar-refractivity contribution in [1.29, 1.82) is 0 Å². The molecule has 0 aromatic heterocycles. The lowest BCUT2D eigenvalue weighted by Gasteiger charge is -2.04. The van der Waals surface area contributed by atoms with E-state index in [1.165, 1.54) is 16.9 Å². The zero-order valence-electron chi connectivity index (χ0n) is 8.71. The van der Waals surface area contributed by atoms with Crippen LogP contribution in [0.4, 0.5) is 0 Å². The highest BCUT2D eigenvalue weighted by Crippen LogP contribution is 2.15. The smallest absolute Gasteiger partial charge is 0.0184 e. The second kappa shape index (κ2) is 5.33. The van der Waals surface area contributed by atoms with E-state index in [9.17, 15) is 0 Å². The molecule has 0 N–H and O–H groups in total. The van der Waals surface area contributed by atoms with E-state index < -0.39 is 0 Å². The molecule has 0 saturated carbocycles. The highest BCUT2D eigenvalue weighted by molar-refractivity contribution is 7.98. The van der Waals surface area contributed by atoms with Gasteiger partial charge in [0.2, 0.25) is 0 Å². The summed E-state index contributed by atoms with van der Waals surface area (Å²) in [5.74, 6) is 3.21. The van der Waals surface area contributed by atoms with Crippen molar-refractivity contribution in [2.45, 2.75) is 26.5 Å². The van der Waals surface area contributed by atoms with Gasteiger partial charge in [0.25, 0.3) is 0 Å². The van der Waals surface area contributed by atoms with Crippen molar-refractivity contribution in [3.8, 4) is 0 Å². The number of rotatable bonds is 4. The minimum atomic E-state index is 0.801.